The summed E-state index contributed by atoms with van der Waals surface area (Å²) in [4.78, 5) is 11.5. The highest BCUT2D eigenvalue weighted by molar-refractivity contribution is 14.0. The largest absolute Gasteiger partial charge is 0.443 e. The van der Waals surface area contributed by atoms with Gasteiger partial charge in [0.1, 0.15) is 12.3 Å². The third-order valence-electron chi connectivity index (χ3n) is 4.94. The molecule has 7 heteroatoms. The van der Waals surface area contributed by atoms with Crippen LogP contribution in [0.1, 0.15) is 50.5 Å². The lowest BCUT2D eigenvalue weighted by Gasteiger charge is -2.28. The second kappa shape index (κ2) is 11.0. The van der Waals surface area contributed by atoms with Crippen molar-refractivity contribution in [2.75, 3.05) is 26.2 Å². The number of benzene rings is 1. The highest BCUT2D eigenvalue weighted by Gasteiger charge is 2.19. The normalized spacial score (nSPS) is 14.8. The van der Waals surface area contributed by atoms with Gasteiger partial charge in [0.2, 0.25) is 5.89 Å². The summed E-state index contributed by atoms with van der Waals surface area (Å²) in [6.07, 6.45) is 2.93. The van der Waals surface area contributed by atoms with Crippen LogP contribution in [0.2, 0.25) is 0 Å². The third-order valence-corrected chi connectivity index (χ3v) is 4.94. The Balaban J connectivity index is 0.00000300. The summed E-state index contributed by atoms with van der Waals surface area (Å²) < 4.78 is 5.83. The molecule has 2 heterocycles. The minimum Gasteiger partial charge on any atom is -0.443 e. The maximum atomic E-state index is 5.83. The lowest BCUT2D eigenvalue weighted by Crippen LogP contribution is -2.42. The lowest BCUT2D eigenvalue weighted by atomic mass is 9.94. The van der Waals surface area contributed by atoms with Gasteiger partial charge in [-0.3, -0.25) is 4.90 Å². The summed E-state index contributed by atoms with van der Waals surface area (Å²) in [5.41, 5.74) is 2.90. The van der Waals surface area contributed by atoms with Gasteiger partial charge in [0.25, 0.3) is 0 Å². The Morgan fingerprint density at radius 1 is 1.21 bits per heavy atom. The summed E-state index contributed by atoms with van der Waals surface area (Å²) in [5, 5.41) is 6.72. The maximum Gasteiger partial charge on any atom is 0.216 e. The number of fused-ring (bicyclic) bond motifs is 1. The minimum atomic E-state index is -0.0369. The fourth-order valence-corrected chi connectivity index (χ4v) is 3.30. The molecule has 1 aromatic heterocycles. The monoisotopic (exact) mass is 511 g/mol. The van der Waals surface area contributed by atoms with Crippen molar-refractivity contribution >= 4 is 29.9 Å². The van der Waals surface area contributed by atoms with E-state index in [2.05, 4.69) is 77.5 Å². The average molecular weight is 511 g/mol. The predicted octanol–water partition coefficient (Wildman–Crippen LogP) is 3.70. The van der Waals surface area contributed by atoms with E-state index < -0.39 is 0 Å². The molecule has 0 radical (unpaired) electrons. The molecule has 3 rings (SSSR count). The number of nitrogens with zero attached hydrogens (tertiary/aromatic N) is 3. The highest BCUT2D eigenvalue weighted by atomic mass is 127. The zero-order chi connectivity index (χ0) is 20.0. The Labute approximate surface area is 191 Å². The first-order valence-corrected chi connectivity index (χ1v) is 10.2. The first kappa shape index (κ1) is 23.7. The number of aliphatic imine (C=N–C) groups is 1. The fourth-order valence-electron chi connectivity index (χ4n) is 3.30. The SMILES string of the molecule is CCNC(=NCc1ncc(C(C)(C)C)o1)NCCN1CCc2ccccc2C1.I. The Morgan fingerprint density at radius 3 is 2.66 bits per heavy atom. The Hall–Kier alpha value is -1.61. The number of rotatable bonds is 6. The van der Waals surface area contributed by atoms with E-state index in [1.54, 1.807) is 6.20 Å². The first-order valence-electron chi connectivity index (χ1n) is 10.2. The molecule has 0 atom stereocenters. The van der Waals surface area contributed by atoms with Gasteiger partial charge in [-0.2, -0.15) is 0 Å². The topological polar surface area (TPSA) is 65.7 Å². The predicted molar refractivity (Wildman–Crippen MR) is 129 cm³/mol. The van der Waals surface area contributed by atoms with Crippen LogP contribution in [0.4, 0.5) is 0 Å². The van der Waals surface area contributed by atoms with Crippen molar-refractivity contribution in [3.05, 3.63) is 53.2 Å². The maximum absolute atomic E-state index is 5.83. The zero-order valence-electron chi connectivity index (χ0n) is 18.0. The molecule has 1 aliphatic rings. The van der Waals surface area contributed by atoms with Gasteiger partial charge in [-0.05, 0) is 24.5 Å². The molecular formula is C22H34IN5O. The molecule has 0 fully saturated rings. The van der Waals surface area contributed by atoms with Gasteiger partial charge < -0.3 is 15.1 Å². The van der Waals surface area contributed by atoms with E-state index in [1.807, 2.05) is 0 Å². The molecule has 6 nitrogen and oxygen atoms in total. The van der Waals surface area contributed by atoms with E-state index in [0.29, 0.717) is 12.4 Å². The second-order valence-electron chi connectivity index (χ2n) is 8.29. The van der Waals surface area contributed by atoms with Gasteiger partial charge in [-0.1, -0.05) is 45.0 Å². The van der Waals surface area contributed by atoms with Gasteiger partial charge in [-0.15, -0.1) is 24.0 Å². The number of hydrogen-bond acceptors (Lipinski definition) is 4. The molecule has 2 N–H and O–H groups in total. The molecule has 0 unspecified atom stereocenters. The van der Waals surface area contributed by atoms with E-state index >= 15 is 0 Å². The summed E-state index contributed by atoms with van der Waals surface area (Å²) in [6, 6.07) is 8.75. The smallest absolute Gasteiger partial charge is 0.216 e. The van der Waals surface area contributed by atoms with Crippen LogP contribution in [-0.2, 0) is 24.9 Å². The summed E-state index contributed by atoms with van der Waals surface area (Å²) in [7, 11) is 0. The second-order valence-corrected chi connectivity index (χ2v) is 8.29. The van der Waals surface area contributed by atoms with Crippen LogP contribution in [0.5, 0.6) is 0 Å². The number of guanidine groups is 1. The van der Waals surface area contributed by atoms with Gasteiger partial charge in [0.05, 0.1) is 6.20 Å². The molecule has 1 aliphatic heterocycles. The van der Waals surface area contributed by atoms with Crippen molar-refractivity contribution in [1.29, 1.82) is 0 Å². The first-order chi connectivity index (χ1) is 13.5. The number of oxazole rings is 1. The summed E-state index contributed by atoms with van der Waals surface area (Å²) >= 11 is 0. The van der Waals surface area contributed by atoms with Crippen LogP contribution in [0.15, 0.2) is 39.9 Å². The zero-order valence-corrected chi connectivity index (χ0v) is 20.3. The van der Waals surface area contributed by atoms with Crippen LogP contribution in [0, 0.1) is 0 Å². The molecule has 1 aromatic carbocycles. The number of halogens is 1. The fraction of sp³-hybridized carbons (Fsp3) is 0.545. The summed E-state index contributed by atoms with van der Waals surface area (Å²) in [6.45, 7) is 13.7. The Morgan fingerprint density at radius 2 is 1.97 bits per heavy atom. The van der Waals surface area contributed by atoms with Gasteiger partial charge in [-0.25, -0.2) is 9.98 Å². The van der Waals surface area contributed by atoms with Crippen LogP contribution in [-0.4, -0.2) is 42.0 Å². The molecule has 0 spiro atoms. The van der Waals surface area contributed by atoms with Crippen molar-refractivity contribution in [3.8, 4) is 0 Å². The number of nitrogens with one attached hydrogen (secondary N) is 2. The van der Waals surface area contributed by atoms with Gasteiger partial charge >= 0.3 is 0 Å². The number of hydrogen-bond donors (Lipinski definition) is 2. The number of aromatic nitrogens is 1. The van der Waals surface area contributed by atoms with Crippen LogP contribution in [0.3, 0.4) is 0 Å². The molecular weight excluding hydrogens is 477 g/mol. The molecule has 29 heavy (non-hydrogen) atoms. The van der Waals surface area contributed by atoms with Gasteiger partial charge in [0.15, 0.2) is 5.96 Å². The van der Waals surface area contributed by atoms with Crippen LogP contribution < -0.4 is 10.6 Å². The van der Waals surface area contributed by atoms with E-state index in [0.717, 1.165) is 50.9 Å². The molecule has 160 valence electrons. The van der Waals surface area contributed by atoms with Crippen molar-refractivity contribution in [2.24, 2.45) is 4.99 Å². The molecule has 2 aromatic rings. The molecule has 0 aliphatic carbocycles. The van der Waals surface area contributed by atoms with Crippen molar-refractivity contribution in [3.63, 3.8) is 0 Å². The van der Waals surface area contributed by atoms with E-state index in [4.69, 9.17) is 4.42 Å². The average Bonchev–Trinajstić information content (AvgIpc) is 3.15. The molecule has 0 saturated heterocycles. The Kier molecular flexibility index (Phi) is 8.95. The standard InChI is InChI=1S/C22H33N5O.HI/c1-5-23-21(26-15-20-25-14-19(28-20)22(2,3)4)24-11-13-27-12-10-17-8-6-7-9-18(17)16-27;/h6-9,14H,5,10-13,15-16H2,1-4H3,(H2,23,24,26);1H. The van der Waals surface area contributed by atoms with E-state index in [1.165, 1.54) is 11.1 Å². The lowest BCUT2D eigenvalue weighted by molar-refractivity contribution is 0.258. The van der Waals surface area contributed by atoms with Crippen molar-refractivity contribution in [1.82, 2.24) is 20.5 Å². The Bertz CT molecular complexity index is 796. The highest BCUT2D eigenvalue weighted by Crippen LogP contribution is 2.22. The van der Waals surface area contributed by atoms with Crippen molar-refractivity contribution < 1.29 is 4.42 Å². The molecule has 0 saturated carbocycles. The van der Waals surface area contributed by atoms with Crippen LogP contribution >= 0.6 is 24.0 Å². The van der Waals surface area contributed by atoms with Crippen molar-refractivity contribution in [2.45, 2.75) is 52.6 Å². The minimum absolute atomic E-state index is 0. The summed E-state index contributed by atoms with van der Waals surface area (Å²) in [5.74, 6) is 2.34. The molecule has 0 amide bonds. The van der Waals surface area contributed by atoms with E-state index in [-0.39, 0.29) is 29.4 Å². The van der Waals surface area contributed by atoms with Gasteiger partial charge in [0, 0.05) is 38.1 Å². The van der Waals surface area contributed by atoms with Crippen LogP contribution in [0.25, 0.3) is 0 Å². The third kappa shape index (κ3) is 6.99. The van der Waals surface area contributed by atoms with E-state index in [9.17, 15) is 0 Å². The quantitative estimate of drug-likeness (QED) is 0.352. The molecule has 0 bridgehead atoms.